The molecule has 0 bridgehead atoms. The van der Waals surface area contributed by atoms with E-state index in [4.69, 9.17) is 5.41 Å². The van der Waals surface area contributed by atoms with Gasteiger partial charge in [0.2, 0.25) is 5.91 Å². The molecule has 5 nitrogen and oxygen atoms in total. The van der Waals surface area contributed by atoms with Crippen LogP contribution in [0.2, 0.25) is 0 Å². The highest BCUT2D eigenvalue weighted by molar-refractivity contribution is 8.04. The number of hydrogen-bond donors (Lipinski definition) is 3. The minimum absolute atomic E-state index is 0.0392. The predicted octanol–water partition coefficient (Wildman–Crippen LogP) is 1.20. The minimum Gasteiger partial charge on any atom is -0.338 e. The van der Waals surface area contributed by atoms with E-state index < -0.39 is 0 Å². The van der Waals surface area contributed by atoms with Crippen LogP contribution in [0.4, 0.5) is 0 Å². The van der Waals surface area contributed by atoms with Crippen LogP contribution in [0.1, 0.15) is 5.56 Å². The van der Waals surface area contributed by atoms with Gasteiger partial charge in [-0.2, -0.15) is 0 Å². The molecule has 0 unspecified atom stereocenters. The van der Waals surface area contributed by atoms with Crippen LogP contribution < -0.4 is 10.8 Å². The molecule has 0 aliphatic carbocycles. The average molecular weight is 258 g/mol. The highest BCUT2D eigenvalue weighted by Crippen LogP contribution is 2.22. The van der Waals surface area contributed by atoms with Crippen molar-refractivity contribution in [1.82, 2.24) is 15.3 Å². The van der Waals surface area contributed by atoms with E-state index in [-0.39, 0.29) is 11.4 Å². The first-order valence-corrected chi connectivity index (χ1v) is 6.37. The lowest BCUT2D eigenvalue weighted by atomic mass is 10.2. The van der Waals surface area contributed by atoms with Gasteiger partial charge in [0.1, 0.15) is 5.49 Å². The molecule has 0 spiro atoms. The third-order valence-electron chi connectivity index (χ3n) is 2.54. The van der Waals surface area contributed by atoms with Crippen LogP contribution in [0.5, 0.6) is 0 Å². The van der Waals surface area contributed by atoms with Gasteiger partial charge in [-0.25, -0.2) is 0 Å². The van der Waals surface area contributed by atoms with Gasteiger partial charge in [-0.3, -0.25) is 15.2 Å². The van der Waals surface area contributed by atoms with E-state index in [1.54, 1.807) is 0 Å². The number of hydrogen-bond acceptors (Lipinski definition) is 4. The van der Waals surface area contributed by atoms with E-state index >= 15 is 0 Å². The van der Waals surface area contributed by atoms with Gasteiger partial charge in [-0.1, -0.05) is 17.8 Å². The lowest BCUT2D eigenvalue weighted by molar-refractivity contribution is -0.117. The van der Waals surface area contributed by atoms with Gasteiger partial charge in [-0.05, 0) is 23.8 Å². The summed E-state index contributed by atoms with van der Waals surface area (Å²) in [5.41, 5.74) is 2.89. The second-order valence-corrected chi connectivity index (χ2v) is 4.94. The fourth-order valence-electron chi connectivity index (χ4n) is 1.74. The van der Waals surface area contributed by atoms with Gasteiger partial charge in [0.05, 0.1) is 28.0 Å². The molecule has 1 saturated heterocycles. The smallest absolute Gasteiger partial charge is 0.235 e. The van der Waals surface area contributed by atoms with Gasteiger partial charge in [0, 0.05) is 0 Å². The summed E-state index contributed by atoms with van der Waals surface area (Å²) in [4.78, 5) is 18.2. The first kappa shape index (κ1) is 11.0. The fourth-order valence-corrected chi connectivity index (χ4v) is 2.51. The summed E-state index contributed by atoms with van der Waals surface area (Å²) >= 11 is 1.50. The number of aromatic amines is 1. The maximum Gasteiger partial charge on any atom is 0.235 e. The van der Waals surface area contributed by atoms with Crippen molar-refractivity contribution in [3.8, 4) is 0 Å². The second kappa shape index (κ2) is 4.30. The number of amides is 1. The van der Waals surface area contributed by atoms with E-state index in [9.17, 15) is 4.79 Å². The number of rotatable bonds is 1. The van der Waals surface area contributed by atoms with Crippen LogP contribution in [0.25, 0.3) is 17.1 Å². The summed E-state index contributed by atoms with van der Waals surface area (Å²) in [6, 6.07) is 5.73. The quantitative estimate of drug-likeness (QED) is 0.719. The van der Waals surface area contributed by atoms with Crippen LogP contribution in [0.15, 0.2) is 29.4 Å². The Balaban J connectivity index is 2.01. The van der Waals surface area contributed by atoms with Crippen molar-refractivity contribution in [3.63, 3.8) is 0 Å². The Labute approximate surface area is 107 Å². The van der Waals surface area contributed by atoms with E-state index in [2.05, 4.69) is 15.3 Å². The number of nitrogens with one attached hydrogen (secondary N) is 3. The summed E-state index contributed by atoms with van der Waals surface area (Å²) in [5.74, 6) is 0.519. The van der Waals surface area contributed by atoms with Crippen molar-refractivity contribution in [2.45, 2.75) is 0 Å². The largest absolute Gasteiger partial charge is 0.338 e. The van der Waals surface area contributed by atoms with Gasteiger partial charge < -0.3 is 10.3 Å². The molecule has 0 saturated carbocycles. The molecule has 2 aromatic rings. The van der Waals surface area contributed by atoms with Crippen molar-refractivity contribution >= 4 is 34.8 Å². The monoisotopic (exact) mass is 258 g/mol. The zero-order chi connectivity index (χ0) is 12.5. The Morgan fingerprint density at radius 1 is 1.44 bits per heavy atom. The molecule has 1 fully saturated rings. The highest BCUT2D eigenvalue weighted by atomic mass is 32.2. The maximum absolute atomic E-state index is 11.1. The van der Waals surface area contributed by atoms with E-state index in [1.165, 1.54) is 18.0 Å². The molecule has 3 rings (SSSR count). The van der Waals surface area contributed by atoms with Crippen LogP contribution in [-0.4, -0.2) is 21.6 Å². The summed E-state index contributed by atoms with van der Waals surface area (Å²) in [5, 5.41) is 11.1. The van der Waals surface area contributed by atoms with Crippen LogP contribution >= 0.6 is 11.8 Å². The SMILES string of the molecule is N=c1cnc2cc(C=C3NC(=O)CS3)ccc2[nH]1. The Hall–Kier alpha value is -2.08. The fraction of sp³-hybridized carbons (Fsp3) is 0.0833. The normalized spacial score (nSPS) is 17.3. The number of benzene rings is 1. The van der Waals surface area contributed by atoms with Crippen molar-refractivity contribution in [3.05, 3.63) is 40.5 Å². The van der Waals surface area contributed by atoms with Gasteiger partial charge in [-0.15, -0.1) is 0 Å². The topological polar surface area (TPSA) is 81.6 Å². The number of carbonyl (C=O) groups excluding carboxylic acids is 1. The third-order valence-corrected chi connectivity index (χ3v) is 3.48. The zero-order valence-corrected chi connectivity index (χ0v) is 10.2. The summed E-state index contributed by atoms with van der Waals surface area (Å²) in [6.45, 7) is 0. The zero-order valence-electron chi connectivity index (χ0n) is 9.36. The molecular weight excluding hydrogens is 248 g/mol. The van der Waals surface area contributed by atoms with Gasteiger partial charge in [0.15, 0.2) is 0 Å². The van der Waals surface area contributed by atoms with Gasteiger partial charge in [0.25, 0.3) is 0 Å². The molecule has 1 aliphatic heterocycles. The Morgan fingerprint density at radius 2 is 2.33 bits per heavy atom. The number of nitrogens with zero attached hydrogens (tertiary/aromatic N) is 1. The molecular formula is C12H10N4OS. The molecule has 3 N–H and O–H groups in total. The van der Waals surface area contributed by atoms with Crippen molar-refractivity contribution in [1.29, 1.82) is 5.41 Å². The molecule has 0 radical (unpaired) electrons. The Morgan fingerprint density at radius 3 is 3.11 bits per heavy atom. The lowest BCUT2D eigenvalue weighted by Gasteiger charge is -2.00. The molecule has 2 heterocycles. The van der Waals surface area contributed by atoms with Crippen molar-refractivity contribution in [2.24, 2.45) is 0 Å². The van der Waals surface area contributed by atoms with E-state index in [1.807, 2.05) is 24.3 Å². The van der Waals surface area contributed by atoms with Crippen molar-refractivity contribution in [2.75, 3.05) is 5.75 Å². The van der Waals surface area contributed by atoms with E-state index in [0.717, 1.165) is 21.6 Å². The first-order chi connectivity index (χ1) is 8.70. The molecule has 6 heteroatoms. The number of H-pyrrole nitrogens is 1. The highest BCUT2D eigenvalue weighted by Gasteiger charge is 2.14. The standard InChI is InChI=1S/C12H10N4OS/c13-10-5-14-9-3-7(1-2-8(9)15-10)4-12-16-11(17)6-18-12/h1-5H,6H2,(H2,13,15)(H,16,17). The van der Waals surface area contributed by atoms with Crippen LogP contribution in [-0.2, 0) is 4.79 Å². The molecule has 18 heavy (non-hydrogen) atoms. The lowest BCUT2D eigenvalue weighted by Crippen LogP contribution is -2.13. The van der Waals surface area contributed by atoms with Gasteiger partial charge >= 0.3 is 0 Å². The summed E-state index contributed by atoms with van der Waals surface area (Å²) < 4.78 is 0. The molecule has 0 atom stereocenters. The summed E-state index contributed by atoms with van der Waals surface area (Å²) in [6.07, 6.45) is 3.40. The molecule has 90 valence electrons. The van der Waals surface area contributed by atoms with E-state index in [0.29, 0.717) is 5.75 Å². The Bertz CT molecular complexity index is 719. The summed E-state index contributed by atoms with van der Waals surface area (Å²) in [7, 11) is 0. The molecule has 1 aromatic carbocycles. The van der Waals surface area contributed by atoms with Crippen LogP contribution in [0, 0.1) is 5.41 Å². The number of carbonyl (C=O) groups is 1. The minimum atomic E-state index is 0.0392. The predicted molar refractivity (Wildman–Crippen MR) is 70.5 cm³/mol. The maximum atomic E-state index is 11.1. The van der Waals surface area contributed by atoms with Crippen LogP contribution in [0.3, 0.4) is 0 Å². The third kappa shape index (κ3) is 2.14. The first-order valence-electron chi connectivity index (χ1n) is 5.39. The molecule has 1 aliphatic rings. The van der Waals surface area contributed by atoms with Crippen molar-refractivity contribution < 1.29 is 4.79 Å². The number of aromatic nitrogens is 2. The number of thioether (sulfide) groups is 1. The second-order valence-electron chi connectivity index (χ2n) is 3.92. The average Bonchev–Trinajstić information content (AvgIpc) is 2.75. The number of fused-ring (bicyclic) bond motifs is 1. The Kier molecular flexibility index (Phi) is 2.64. The molecule has 1 amide bonds. The molecule has 1 aromatic heterocycles.